The molecular formula is C9H8N4. The molecule has 0 saturated heterocycles. The van der Waals surface area contributed by atoms with Gasteiger partial charge in [-0.3, -0.25) is 0 Å². The van der Waals surface area contributed by atoms with Crippen LogP contribution in [0.1, 0.15) is 0 Å². The van der Waals surface area contributed by atoms with Crippen LogP contribution in [0.2, 0.25) is 0 Å². The van der Waals surface area contributed by atoms with Crippen molar-refractivity contribution in [3.05, 3.63) is 18.2 Å². The fourth-order valence-corrected chi connectivity index (χ4v) is 1.13. The van der Waals surface area contributed by atoms with Gasteiger partial charge in [0.15, 0.2) is 0 Å². The molecule has 2 aromatic rings. The topological polar surface area (TPSA) is 56.7 Å². The van der Waals surface area contributed by atoms with E-state index < -0.39 is 0 Å². The minimum atomic E-state index is 0.384. The molecule has 0 aliphatic rings. The van der Waals surface area contributed by atoms with Crippen molar-refractivity contribution in [2.45, 2.75) is 6.54 Å². The lowest BCUT2D eigenvalue weighted by Gasteiger charge is -1.87. The van der Waals surface area contributed by atoms with Gasteiger partial charge in [-0.25, -0.2) is 0 Å². The lowest BCUT2D eigenvalue weighted by Crippen LogP contribution is -1.98. The second kappa shape index (κ2) is 2.79. The van der Waals surface area contributed by atoms with Crippen LogP contribution in [-0.2, 0) is 6.54 Å². The van der Waals surface area contributed by atoms with E-state index in [1.54, 1.807) is 12.1 Å². The van der Waals surface area contributed by atoms with Gasteiger partial charge in [0, 0.05) is 5.69 Å². The molecule has 0 bridgehead atoms. The maximum atomic E-state index is 5.59. The van der Waals surface area contributed by atoms with Crippen LogP contribution in [0.5, 0.6) is 0 Å². The second-order valence-corrected chi connectivity index (χ2v) is 2.68. The summed E-state index contributed by atoms with van der Waals surface area (Å²) in [7, 11) is 0. The Bertz CT molecular complexity index is 478. The van der Waals surface area contributed by atoms with Gasteiger partial charge in [0.05, 0.1) is 0 Å². The Morgan fingerprint density at radius 1 is 1.38 bits per heavy atom. The van der Waals surface area contributed by atoms with Crippen molar-refractivity contribution in [3.63, 3.8) is 0 Å². The molecule has 0 aliphatic carbocycles. The van der Waals surface area contributed by atoms with Crippen LogP contribution >= 0.6 is 0 Å². The van der Waals surface area contributed by atoms with Crippen LogP contribution in [0.15, 0.2) is 18.2 Å². The summed E-state index contributed by atoms with van der Waals surface area (Å²) in [5.74, 6) is 2.47. The van der Waals surface area contributed by atoms with Gasteiger partial charge in [-0.2, -0.15) is 15.0 Å². The molecule has 1 aromatic carbocycles. The molecule has 0 atom stereocenters. The highest BCUT2D eigenvalue weighted by Crippen LogP contribution is 2.12. The molecular weight excluding hydrogens is 164 g/mol. The number of anilines is 1. The Morgan fingerprint density at radius 3 is 2.92 bits per heavy atom. The van der Waals surface area contributed by atoms with Crippen LogP contribution in [0.4, 0.5) is 5.69 Å². The largest absolute Gasteiger partial charge is 0.399 e. The van der Waals surface area contributed by atoms with Gasteiger partial charge < -0.3 is 5.73 Å². The molecule has 0 spiro atoms. The highest BCUT2D eigenvalue weighted by Gasteiger charge is 2.00. The minimum Gasteiger partial charge on any atom is -0.399 e. The Kier molecular flexibility index (Phi) is 1.64. The highest BCUT2D eigenvalue weighted by atomic mass is 15.5. The van der Waals surface area contributed by atoms with Gasteiger partial charge in [0.2, 0.25) is 0 Å². The van der Waals surface area contributed by atoms with Crippen molar-refractivity contribution in [2.24, 2.45) is 0 Å². The third kappa shape index (κ3) is 1.32. The molecule has 0 radical (unpaired) electrons. The molecule has 0 aliphatic heterocycles. The van der Waals surface area contributed by atoms with Gasteiger partial charge >= 0.3 is 0 Å². The number of nitrogens with zero attached hydrogens (tertiary/aromatic N) is 3. The fraction of sp³-hybridized carbons (Fsp3) is 0.111. The molecule has 4 nitrogen and oxygen atoms in total. The smallest absolute Gasteiger partial charge is 0.121 e. The summed E-state index contributed by atoms with van der Waals surface area (Å²) in [6.07, 6.45) is 5.14. The zero-order valence-electron chi connectivity index (χ0n) is 6.94. The highest BCUT2D eigenvalue weighted by molar-refractivity contribution is 5.77. The van der Waals surface area contributed by atoms with Crippen molar-refractivity contribution in [1.82, 2.24) is 15.0 Å². The van der Waals surface area contributed by atoms with E-state index in [2.05, 4.69) is 16.1 Å². The molecule has 1 heterocycles. The van der Waals surface area contributed by atoms with E-state index in [-0.39, 0.29) is 0 Å². The van der Waals surface area contributed by atoms with Gasteiger partial charge in [0.1, 0.15) is 17.6 Å². The first kappa shape index (κ1) is 7.62. The van der Waals surface area contributed by atoms with Crippen LogP contribution in [-0.4, -0.2) is 15.0 Å². The van der Waals surface area contributed by atoms with E-state index in [9.17, 15) is 0 Å². The second-order valence-electron chi connectivity index (χ2n) is 2.68. The Balaban J connectivity index is 2.57. The minimum absolute atomic E-state index is 0.384. The van der Waals surface area contributed by atoms with Crippen molar-refractivity contribution >= 4 is 16.7 Å². The Morgan fingerprint density at radius 2 is 2.15 bits per heavy atom. The number of rotatable bonds is 1. The summed E-state index contributed by atoms with van der Waals surface area (Å²) in [5.41, 5.74) is 7.85. The van der Waals surface area contributed by atoms with E-state index in [0.717, 1.165) is 11.0 Å². The van der Waals surface area contributed by atoms with Crippen molar-refractivity contribution < 1.29 is 0 Å². The average Bonchev–Trinajstić information content (AvgIpc) is 2.46. The van der Waals surface area contributed by atoms with Crippen LogP contribution in [0.3, 0.4) is 0 Å². The summed E-state index contributed by atoms with van der Waals surface area (Å²) >= 11 is 0. The quantitative estimate of drug-likeness (QED) is 0.507. The number of terminal acetylenes is 1. The predicted octanol–water partition coefficient (Wildman–Crippen LogP) is 0.647. The molecule has 2 rings (SSSR count). The third-order valence-corrected chi connectivity index (χ3v) is 1.68. The van der Waals surface area contributed by atoms with Gasteiger partial charge in [-0.15, -0.1) is 6.42 Å². The van der Waals surface area contributed by atoms with Crippen LogP contribution in [0, 0.1) is 12.3 Å². The first-order valence-corrected chi connectivity index (χ1v) is 3.83. The number of hydrogen-bond acceptors (Lipinski definition) is 3. The third-order valence-electron chi connectivity index (χ3n) is 1.68. The zero-order chi connectivity index (χ0) is 9.26. The lowest BCUT2D eigenvalue weighted by atomic mass is 10.3. The number of nitrogen functional groups attached to an aromatic ring is 1. The number of nitrogens with two attached hydrogens (primary N) is 1. The van der Waals surface area contributed by atoms with E-state index in [4.69, 9.17) is 12.2 Å². The summed E-state index contributed by atoms with van der Waals surface area (Å²) in [6, 6.07) is 5.39. The molecule has 1 aromatic heterocycles. The van der Waals surface area contributed by atoms with Crippen molar-refractivity contribution in [1.29, 1.82) is 0 Å². The normalized spacial score (nSPS) is 10.1. The molecule has 0 amide bonds. The molecule has 64 valence electrons. The van der Waals surface area contributed by atoms with Crippen molar-refractivity contribution in [3.8, 4) is 12.3 Å². The number of benzene rings is 1. The Hall–Kier alpha value is -2.02. The summed E-state index contributed by atoms with van der Waals surface area (Å²) in [6.45, 7) is 0.384. The fourth-order valence-electron chi connectivity index (χ4n) is 1.13. The monoisotopic (exact) mass is 172 g/mol. The van der Waals surface area contributed by atoms with Crippen molar-refractivity contribution in [2.75, 3.05) is 5.73 Å². The number of fused-ring (bicyclic) bond motifs is 1. The van der Waals surface area contributed by atoms with Gasteiger partial charge in [-0.05, 0) is 18.2 Å². The first-order chi connectivity index (χ1) is 6.29. The predicted molar refractivity (Wildman–Crippen MR) is 50.8 cm³/mol. The van der Waals surface area contributed by atoms with Gasteiger partial charge in [0.25, 0.3) is 0 Å². The molecule has 2 N–H and O–H groups in total. The summed E-state index contributed by atoms with van der Waals surface area (Å²) in [5, 5.41) is 8.30. The molecule has 0 saturated carbocycles. The van der Waals surface area contributed by atoms with E-state index in [1.807, 2.05) is 6.07 Å². The molecule has 0 fully saturated rings. The summed E-state index contributed by atoms with van der Waals surface area (Å²) in [4.78, 5) is 1.48. The van der Waals surface area contributed by atoms with Crippen LogP contribution < -0.4 is 5.73 Å². The van der Waals surface area contributed by atoms with E-state index in [0.29, 0.717) is 12.2 Å². The van der Waals surface area contributed by atoms with E-state index in [1.165, 1.54) is 4.80 Å². The lowest BCUT2D eigenvalue weighted by molar-refractivity contribution is 0.622. The average molecular weight is 172 g/mol. The number of hydrogen-bond donors (Lipinski definition) is 1. The molecule has 4 heteroatoms. The summed E-state index contributed by atoms with van der Waals surface area (Å²) < 4.78 is 0. The Labute approximate surface area is 75.3 Å². The first-order valence-electron chi connectivity index (χ1n) is 3.83. The maximum absolute atomic E-state index is 5.59. The molecule has 13 heavy (non-hydrogen) atoms. The van der Waals surface area contributed by atoms with Crippen LogP contribution in [0.25, 0.3) is 11.0 Å². The SMILES string of the molecule is C#CCn1nc2ccc(N)cc2n1. The van der Waals surface area contributed by atoms with Gasteiger partial charge in [-0.1, -0.05) is 5.92 Å². The standard InChI is InChI=1S/C9H8N4/c1-2-5-13-11-8-4-3-7(10)6-9(8)12-13/h1,3-4,6H,5,10H2. The maximum Gasteiger partial charge on any atom is 0.121 e. The molecule has 0 unspecified atom stereocenters. The zero-order valence-corrected chi connectivity index (χ0v) is 6.94. The van der Waals surface area contributed by atoms with E-state index >= 15 is 0 Å². The number of aromatic nitrogens is 3.